The fraction of sp³-hybridized carbons (Fsp3) is 0.769. The fourth-order valence-corrected chi connectivity index (χ4v) is 1.65. The van der Waals surface area contributed by atoms with E-state index in [2.05, 4.69) is 10.6 Å². The Morgan fingerprint density at radius 3 is 2.10 bits per heavy atom. The lowest BCUT2D eigenvalue weighted by Crippen LogP contribution is -2.50. The van der Waals surface area contributed by atoms with Gasteiger partial charge in [-0.1, -0.05) is 27.7 Å². The summed E-state index contributed by atoms with van der Waals surface area (Å²) in [6.07, 6.45) is 0.525. The number of rotatable bonds is 8. The van der Waals surface area contributed by atoms with Crippen LogP contribution in [-0.4, -0.2) is 41.5 Å². The minimum Gasteiger partial charge on any atom is -0.480 e. The van der Waals surface area contributed by atoms with Gasteiger partial charge in [0, 0.05) is 0 Å². The lowest BCUT2D eigenvalue weighted by atomic mass is 10.0. The minimum absolute atomic E-state index is 0.240. The number of nitrogens with two attached hydrogens (primary N) is 1. The Labute approximate surface area is 119 Å². The molecular weight excluding hydrogens is 262 g/mol. The number of carboxylic acids is 1. The number of aliphatic carboxylic acids is 1. The Morgan fingerprint density at radius 1 is 1.15 bits per heavy atom. The number of carbonyl (C=O) groups excluding carboxylic acids is 2. The summed E-state index contributed by atoms with van der Waals surface area (Å²) >= 11 is 0. The standard InChI is InChI=1S/C13H25N3O4/c1-7(2)5-9(14)12(18)15-6-10(17)16-11(8(3)4)13(19)20/h7-9,11H,5-6,14H2,1-4H3,(H,15,18)(H,16,17)(H,19,20)/t9-,11-/m0/s1. The summed E-state index contributed by atoms with van der Waals surface area (Å²) in [6.45, 7) is 6.99. The van der Waals surface area contributed by atoms with E-state index >= 15 is 0 Å². The van der Waals surface area contributed by atoms with Gasteiger partial charge in [0.05, 0.1) is 12.6 Å². The second kappa shape index (κ2) is 8.52. The highest BCUT2D eigenvalue weighted by atomic mass is 16.4. The molecule has 7 nitrogen and oxygen atoms in total. The number of amides is 2. The van der Waals surface area contributed by atoms with Crippen LogP contribution < -0.4 is 16.4 Å². The van der Waals surface area contributed by atoms with Gasteiger partial charge >= 0.3 is 5.97 Å². The third-order valence-corrected chi connectivity index (χ3v) is 2.73. The monoisotopic (exact) mass is 287 g/mol. The Morgan fingerprint density at radius 2 is 1.70 bits per heavy atom. The molecule has 0 rings (SSSR count). The maximum Gasteiger partial charge on any atom is 0.326 e. The zero-order valence-corrected chi connectivity index (χ0v) is 12.5. The van der Waals surface area contributed by atoms with Crippen LogP contribution in [0.2, 0.25) is 0 Å². The predicted octanol–water partition coefficient (Wildman–Crippen LogP) is -0.299. The van der Waals surface area contributed by atoms with Crippen molar-refractivity contribution in [3.8, 4) is 0 Å². The topological polar surface area (TPSA) is 122 Å². The zero-order valence-electron chi connectivity index (χ0n) is 12.5. The van der Waals surface area contributed by atoms with E-state index in [9.17, 15) is 14.4 Å². The first-order valence-corrected chi connectivity index (χ1v) is 6.70. The molecule has 0 heterocycles. The molecule has 0 aromatic rings. The zero-order chi connectivity index (χ0) is 15.9. The number of carboxylic acid groups (broad SMARTS) is 1. The lowest BCUT2D eigenvalue weighted by Gasteiger charge is -2.18. The maximum atomic E-state index is 11.6. The van der Waals surface area contributed by atoms with Gasteiger partial charge < -0.3 is 21.5 Å². The molecule has 0 aromatic heterocycles. The van der Waals surface area contributed by atoms with Gasteiger partial charge in [-0.25, -0.2) is 4.79 Å². The molecule has 0 spiro atoms. The minimum atomic E-state index is -1.10. The summed E-state index contributed by atoms with van der Waals surface area (Å²) in [6, 6.07) is -1.63. The van der Waals surface area contributed by atoms with Gasteiger partial charge in [0.2, 0.25) is 11.8 Å². The summed E-state index contributed by atoms with van der Waals surface area (Å²) < 4.78 is 0. The second-order valence-corrected chi connectivity index (χ2v) is 5.58. The van der Waals surface area contributed by atoms with E-state index in [4.69, 9.17) is 10.8 Å². The van der Waals surface area contributed by atoms with Crippen LogP contribution in [-0.2, 0) is 14.4 Å². The molecule has 0 saturated heterocycles. The van der Waals surface area contributed by atoms with Crippen LogP contribution in [0.5, 0.6) is 0 Å². The van der Waals surface area contributed by atoms with Gasteiger partial charge in [-0.15, -0.1) is 0 Å². The normalized spacial score (nSPS) is 13.9. The molecule has 116 valence electrons. The molecule has 5 N–H and O–H groups in total. The van der Waals surface area contributed by atoms with E-state index in [1.165, 1.54) is 0 Å². The number of nitrogens with one attached hydrogen (secondary N) is 2. The van der Waals surface area contributed by atoms with Crippen LogP contribution in [0.4, 0.5) is 0 Å². The van der Waals surface area contributed by atoms with Gasteiger partial charge in [-0.2, -0.15) is 0 Å². The van der Waals surface area contributed by atoms with Crippen molar-refractivity contribution in [1.82, 2.24) is 10.6 Å². The Bertz CT molecular complexity index is 356. The quantitative estimate of drug-likeness (QED) is 0.488. The van der Waals surface area contributed by atoms with Crippen molar-refractivity contribution in [2.45, 2.75) is 46.2 Å². The van der Waals surface area contributed by atoms with Crippen LogP contribution in [0.3, 0.4) is 0 Å². The van der Waals surface area contributed by atoms with Crippen LogP contribution in [0.1, 0.15) is 34.1 Å². The Hall–Kier alpha value is -1.63. The van der Waals surface area contributed by atoms with Crippen molar-refractivity contribution < 1.29 is 19.5 Å². The van der Waals surface area contributed by atoms with E-state index in [1.807, 2.05) is 13.8 Å². The molecule has 0 aliphatic rings. The number of carbonyl (C=O) groups is 3. The van der Waals surface area contributed by atoms with Gasteiger partial charge in [-0.3, -0.25) is 9.59 Å². The largest absolute Gasteiger partial charge is 0.480 e. The average Bonchev–Trinajstić information content (AvgIpc) is 2.31. The van der Waals surface area contributed by atoms with Crippen molar-refractivity contribution >= 4 is 17.8 Å². The van der Waals surface area contributed by atoms with Gasteiger partial charge in [0.25, 0.3) is 0 Å². The van der Waals surface area contributed by atoms with Crippen molar-refractivity contribution in [3.63, 3.8) is 0 Å². The summed E-state index contributed by atoms with van der Waals surface area (Å²) in [5.74, 6) is -2.02. The molecule has 0 aliphatic carbocycles. The first-order chi connectivity index (χ1) is 9.15. The first-order valence-electron chi connectivity index (χ1n) is 6.70. The molecule has 0 saturated carbocycles. The smallest absolute Gasteiger partial charge is 0.326 e. The van der Waals surface area contributed by atoms with Crippen LogP contribution in [0.15, 0.2) is 0 Å². The Balaban J connectivity index is 4.22. The van der Waals surface area contributed by atoms with Gasteiger partial charge in [-0.05, 0) is 18.3 Å². The van der Waals surface area contributed by atoms with Gasteiger partial charge in [0.1, 0.15) is 6.04 Å². The van der Waals surface area contributed by atoms with Crippen molar-refractivity contribution in [1.29, 1.82) is 0 Å². The highest BCUT2D eigenvalue weighted by molar-refractivity contribution is 5.89. The molecule has 0 unspecified atom stereocenters. The van der Waals surface area contributed by atoms with E-state index in [1.54, 1.807) is 13.8 Å². The highest BCUT2D eigenvalue weighted by Gasteiger charge is 2.23. The molecule has 0 radical (unpaired) electrons. The van der Waals surface area contributed by atoms with E-state index in [0.29, 0.717) is 6.42 Å². The molecule has 0 aromatic carbocycles. The summed E-state index contributed by atoms with van der Waals surface area (Å²) in [5, 5.41) is 13.7. The number of hydrogen-bond acceptors (Lipinski definition) is 4. The molecule has 20 heavy (non-hydrogen) atoms. The Kier molecular flexibility index (Phi) is 7.83. The summed E-state index contributed by atoms with van der Waals surface area (Å²) in [4.78, 5) is 34.1. The SMILES string of the molecule is CC(C)C[C@H](N)C(=O)NCC(=O)N[C@H](C(=O)O)C(C)C. The van der Waals surface area contributed by atoms with Crippen molar-refractivity contribution in [3.05, 3.63) is 0 Å². The average molecular weight is 287 g/mol. The molecule has 0 bridgehead atoms. The maximum absolute atomic E-state index is 11.6. The molecule has 2 amide bonds. The lowest BCUT2D eigenvalue weighted by molar-refractivity contribution is -0.143. The molecule has 2 atom stereocenters. The van der Waals surface area contributed by atoms with Crippen molar-refractivity contribution in [2.75, 3.05) is 6.54 Å². The molecule has 0 fully saturated rings. The third-order valence-electron chi connectivity index (χ3n) is 2.73. The van der Waals surface area contributed by atoms with Crippen LogP contribution >= 0.6 is 0 Å². The first kappa shape index (κ1) is 18.4. The van der Waals surface area contributed by atoms with E-state index < -0.39 is 29.9 Å². The van der Waals surface area contributed by atoms with E-state index in [0.717, 1.165) is 0 Å². The van der Waals surface area contributed by atoms with Crippen molar-refractivity contribution in [2.24, 2.45) is 17.6 Å². The second-order valence-electron chi connectivity index (χ2n) is 5.58. The van der Waals surface area contributed by atoms with Gasteiger partial charge in [0.15, 0.2) is 0 Å². The third kappa shape index (κ3) is 7.08. The number of hydrogen-bond donors (Lipinski definition) is 4. The molecular formula is C13H25N3O4. The highest BCUT2D eigenvalue weighted by Crippen LogP contribution is 2.03. The molecule has 7 heteroatoms. The van der Waals surface area contributed by atoms with Crippen LogP contribution in [0.25, 0.3) is 0 Å². The van der Waals surface area contributed by atoms with Crippen LogP contribution in [0, 0.1) is 11.8 Å². The predicted molar refractivity (Wildman–Crippen MR) is 74.8 cm³/mol. The summed E-state index contributed by atoms with van der Waals surface area (Å²) in [5.41, 5.74) is 5.66. The fourth-order valence-electron chi connectivity index (χ4n) is 1.65. The summed E-state index contributed by atoms with van der Waals surface area (Å²) in [7, 11) is 0. The van der Waals surface area contributed by atoms with E-state index in [-0.39, 0.29) is 18.4 Å². The molecule has 0 aliphatic heterocycles.